The normalized spacial score (nSPS) is 10.5. The van der Waals surface area contributed by atoms with E-state index >= 15 is 0 Å². The molecule has 0 saturated carbocycles. The van der Waals surface area contributed by atoms with Crippen LogP contribution in [0.25, 0.3) is 0 Å². The van der Waals surface area contributed by atoms with Crippen molar-refractivity contribution in [1.82, 2.24) is 0 Å². The van der Waals surface area contributed by atoms with E-state index in [1.807, 2.05) is 27.7 Å². The van der Waals surface area contributed by atoms with Gasteiger partial charge >= 0.3 is 0 Å². The van der Waals surface area contributed by atoms with Crippen LogP contribution in [-0.2, 0) is 28.4 Å². The molecule has 0 aromatic rings. The number of ether oxygens (including phenoxy) is 6. The molecule has 0 aliphatic carbocycles. The largest absolute Gasteiger partial charge is 0.385 e. The molecule has 0 heterocycles. The van der Waals surface area contributed by atoms with Crippen LogP contribution in [0.4, 0.5) is 0 Å². The highest BCUT2D eigenvalue weighted by molar-refractivity contribution is 4.38. The predicted octanol–water partition coefficient (Wildman–Crippen LogP) is 6.54. The van der Waals surface area contributed by atoms with Crippen molar-refractivity contribution in [3.8, 4) is 0 Å². The van der Waals surface area contributed by atoms with Gasteiger partial charge < -0.3 is 28.4 Å². The lowest BCUT2D eigenvalue weighted by molar-refractivity contribution is 0.0351. The molecular weight excluding hydrogens is 408 g/mol. The maximum atomic E-state index is 5.28. The summed E-state index contributed by atoms with van der Waals surface area (Å²) in [4.78, 5) is 0. The fraction of sp³-hybridized carbons (Fsp3) is 1.00. The molecule has 32 heavy (non-hydrogen) atoms. The van der Waals surface area contributed by atoms with E-state index in [4.69, 9.17) is 28.4 Å². The van der Waals surface area contributed by atoms with Gasteiger partial charge in [-0.2, -0.15) is 0 Å². The van der Waals surface area contributed by atoms with Gasteiger partial charge in [0.05, 0.1) is 37.6 Å². The van der Waals surface area contributed by atoms with Crippen molar-refractivity contribution >= 4 is 0 Å². The van der Waals surface area contributed by atoms with Crippen molar-refractivity contribution in [1.29, 1.82) is 0 Å². The average Bonchev–Trinajstić information content (AvgIpc) is 2.71. The number of hydrogen-bond donors (Lipinski definition) is 0. The van der Waals surface area contributed by atoms with Crippen LogP contribution >= 0.6 is 0 Å². The van der Waals surface area contributed by atoms with Gasteiger partial charge in [0.1, 0.15) is 0 Å². The molecule has 6 nitrogen and oxygen atoms in total. The van der Waals surface area contributed by atoms with Crippen molar-refractivity contribution in [3.63, 3.8) is 0 Å². The molecular formula is C26H60O6. The van der Waals surface area contributed by atoms with Gasteiger partial charge in [-0.05, 0) is 74.7 Å². The smallest absolute Gasteiger partial charge is 0.0703 e. The van der Waals surface area contributed by atoms with Crippen molar-refractivity contribution in [2.45, 2.75) is 119 Å². The summed E-state index contributed by atoms with van der Waals surface area (Å²) in [5.74, 6) is 0. The molecule has 0 aliphatic heterocycles. The molecule has 0 atom stereocenters. The summed E-state index contributed by atoms with van der Waals surface area (Å²) < 4.78 is 30.5. The van der Waals surface area contributed by atoms with E-state index in [9.17, 15) is 0 Å². The number of unbranched alkanes of at least 4 members (excludes halogenated alkanes) is 1. The molecule has 200 valence electrons. The summed E-state index contributed by atoms with van der Waals surface area (Å²) in [5, 5.41) is 0. The Kier molecular flexibility index (Phi) is 43.1. The average molecular weight is 469 g/mol. The Morgan fingerprint density at radius 2 is 0.781 bits per heavy atom. The molecule has 0 rings (SSSR count). The second kappa shape index (κ2) is 35.4. The molecule has 0 aliphatic rings. The first-order valence-electron chi connectivity index (χ1n) is 12.5. The summed E-state index contributed by atoms with van der Waals surface area (Å²) >= 11 is 0. The monoisotopic (exact) mass is 468 g/mol. The van der Waals surface area contributed by atoms with Crippen LogP contribution in [0.3, 0.4) is 0 Å². The van der Waals surface area contributed by atoms with Gasteiger partial charge in [-0.1, -0.05) is 20.3 Å². The third-order valence-electron chi connectivity index (χ3n) is 3.29. The molecule has 0 N–H and O–H groups in total. The summed E-state index contributed by atoms with van der Waals surface area (Å²) in [6.45, 7) is 25.4. The van der Waals surface area contributed by atoms with Crippen LogP contribution in [0, 0.1) is 0 Å². The second-order valence-electron chi connectivity index (χ2n) is 8.37. The van der Waals surface area contributed by atoms with Crippen molar-refractivity contribution < 1.29 is 28.4 Å². The quantitative estimate of drug-likeness (QED) is 0.240. The van der Waals surface area contributed by atoms with E-state index < -0.39 is 0 Å². The fourth-order valence-electron chi connectivity index (χ4n) is 1.71. The molecule has 6 heteroatoms. The molecule has 0 spiro atoms. The minimum atomic E-state index is 0.324. The highest BCUT2D eigenvalue weighted by Crippen LogP contribution is 1.92. The van der Waals surface area contributed by atoms with Gasteiger partial charge in [-0.15, -0.1) is 0 Å². The zero-order valence-electron chi connectivity index (χ0n) is 23.8. The molecule has 0 amide bonds. The predicted molar refractivity (Wildman–Crippen MR) is 138 cm³/mol. The standard InChI is InChI=1S/C7H16O2.C7H16O.C6H14O2.C6H14O/c1-7(2)9-6-4-5-8-3;1-4-5-6-8-7(2)3;1-6(2)8-5-4-7-3;1-4-5-7-6(2)3/h7H,4-6H2,1-3H3;7H,4-6H2,1-3H3;6H,4-5H2,1-3H3;6H,4-5H2,1-3H3. The number of rotatable bonds is 16. The van der Waals surface area contributed by atoms with E-state index in [1.165, 1.54) is 12.8 Å². The topological polar surface area (TPSA) is 55.4 Å². The van der Waals surface area contributed by atoms with Gasteiger partial charge in [0.15, 0.2) is 0 Å². The van der Waals surface area contributed by atoms with Crippen LogP contribution in [0.5, 0.6) is 0 Å². The number of hydrogen-bond acceptors (Lipinski definition) is 6. The van der Waals surface area contributed by atoms with Gasteiger partial charge in [0.25, 0.3) is 0 Å². The lowest BCUT2D eigenvalue weighted by atomic mass is 10.3. The minimum absolute atomic E-state index is 0.324. The molecule has 0 bridgehead atoms. The fourth-order valence-corrected chi connectivity index (χ4v) is 1.71. The van der Waals surface area contributed by atoms with Crippen LogP contribution in [-0.4, -0.2) is 78.3 Å². The second-order valence-corrected chi connectivity index (χ2v) is 8.37. The van der Waals surface area contributed by atoms with E-state index in [0.29, 0.717) is 37.6 Å². The SMILES string of the molecule is CCCCOC(C)C.CCCOC(C)C.COCCCOC(C)C.COCCOC(C)C. The zero-order valence-corrected chi connectivity index (χ0v) is 23.8. The first-order chi connectivity index (χ1) is 15.1. The van der Waals surface area contributed by atoms with Crippen LogP contribution in [0.2, 0.25) is 0 Å². The third kappa shape index (κ3) is 63.0. The Balaban J connectivity index is -0.000000164. The molecule has 0 unspecified atom stereocenters. The summed E-state index contributed by atoms with van der Waals surface area (Å²) in [7, 11) is 3.37. The van der Waals surface area contributed by atoms with Crippen LogP contribution in [0.15, 0.2) is 0 Å². The van der Waals surface area contributed by atoms with Crippen molar-refractivity contribution in [3.05, 3.63) is 0 Å². The third-order valence-corrected chi connectivity index (χ3v) is 3.29. The first-order valence-corrected chi connectivity index (χ1v) is 12.5. The Labute approximate surface area is 202 Å². The van der Waals surface area contributed by atoms with E-state index in [-0.39, 0.29) is 0 Å². The first kappa shape index (κ1) is 39.0. The Bertz CT molecular complexity index is 269. The Morgan fingerprint density at radius 3 is 1.09 bits per heavy atom. The molecule has 0 fully saturated rings. The van der Waals surface area contributed by atoms with Crippen LogP contribution in [0.1, 0.15) is 94.9 Å². The maximum absolute atomic E-state index is 5.28. The van der Waals surface area contributed by atoms with E-state index in [0.717, 1.165) is 39.3 Å². The van der Waals surface area contributed by atoms with Crippen molar-refractivity contribution in [2.75, 3.05) is 53.9 Å². The van der Waals surface area contributed by atoms with E-state index in [1.54, 1.807) is 14.2 Å². The Hall–Kier alpha value is -0.240. The molecule has 0 radical (unpaired) electrons. The van der Waals surface area contributed by atoms with Gasteiger partial charge in [-0.3, -0.25) is 0 Å². The molecule has 0 aromatic heterocycles. The highest BCUT2D eigenvalue weighted by Gasteiger charge is 1.91. The van der Waals surface area contributed by atoms with Crippen molar-refractivity contribution in [2.24, 2.45) is 0 Å². The maximum Gasteiger partial charge on any atom is 0.0703 e. The lowest BCUT2D eigenvalue weighted by Gasteiger charge is -2.05. The molecule has 0 aromatic carbocycles. The highest BCUT2D eigenvalue weighted by atomic mass is 16.5. The van der Waals surface area contributed by atoms with Gasteiger partial charge in [0, 0.05) is 40.6 Å². The summed E-state index contributed by atoms with van der Waals surface area (Å²) in [6, 6.07) is 0. The van der Waals surface area contributed by atoms with Gasteiger partial charge in [0.2, 0.25) is 0 Å². The molecule has 0 saturated heterocycles. The summed E-state index contributed by atoms with van der Waals surface area (Å²) in [5.41, 5.74) is 0. The lowest BCUT2D eigenvalue weighted by Crippen LogP contribution is -2.07. The Morgan fingerprint density at radius 1 is 0.406 bits per heavy atom. The minimum Gasteiger partial charge on any atom is -0.385 e. The van der Waals surface area contributed by atoms with Gasteiger partial charge in [-0.25, -0.2) is 0 Å². The summed E-state index contributed by atoms with van der Waals surface area (Å²) in [6.07, 6.45) is 6.02. The zero-order chi connectivity index (χ0) is 25.6. The van der Waals surface area contributed by atoms with Crippen LogP contribution < -0.4 is 0 Å². The number of methoxy groups -OCH3 is 2. The van der Waals surface area contributed by atoms with E-state index in [2.05, 4.69) is 41.5 Å².